The molecule has 3 nitrogen and oxygen atoms in total. The quantitative estimate of drug-likeness (QED) is 0.885. The van der Waals surface area contributed by atoms with Crippen molar-refractivity contribution in [1.29, 1.82) is 0 Å². The van der Waals surface area contributed by atoms with Crippen LogP contribution in [0.15, 0.2) is 30.3 Å². The molecule has 1 amide bonds. The maximum Gasteiger partial charge on any atom is 0.261 e. The number of aryl methyl sites for hydroxylation is 2. The Bertz CT molecular complexity index is 602. The largest absolute Gasteiger partial charge is 0.497 e. The molecular formula is C17H21NO2S. The van der Waals surface area contributed by atoms with Gasteiger partial charge in [0.15, 0.2) is 0 Å². The van der Waals surface area contributed by atoms with Crippen molar-refractivity contribution in [3.8, 4) is 5.75 Å². The third-order valence-electron chi connectivity index (χ3n) is 3.42. The van der Waals surface area contributed by atoms with E-state index < -0.39 is 0 Å². The second-order valence-corrected chi connectivity index (χ2v) is 6.06. The summed E-state index contributed by atoms with van der Waals surface area (Å²) < 4.78 is 5.13. The number of hydrogen-bond donors (Lipinski definition) is 1. The van der Waals surface area contributed by atoms with Crippen LogP contribution >= 0.6 is 11.3 Å². The Balaban J connectivity index is 1.85. The number of amides is 1. The molecular weight excluding hydrogens is 282 g/mol. The maximum absolute atomic E-state index is 12.1. The first-order chi connectivity index (χ1) is 10.1. The van der Waals surface area contributed by atoms with Crippen LogP contribution in [-0.2, 0) is 12.8 Å². The van der Waals surface area contributed by atoms with Gasteiger partial charge in [-0.25, -0.2) is 0 Å². The van der Waals surface area contributed by atoms with Gasteiger partial charge in [-0.2, -0.15) is 0 Å². The Morgan fingerprint density at radius 3 is 2.57 bits per heavy atom. The van der Waals surface area contributed by atoms with Crippen molar-refractivity contribution in [2.24, 2.45) is 0 Å². The fourth-order valence-corrected chi connectivity index (χ4v) is 3.21. The smallest absolute Gasteiger partial charge is 0.261 e. The van der Waals surface area contributed by atoms with Gasteiger partial charge in [-0.1, -0.05) is 19.1 Å². The Morgan fingerprint density at radius 2 is 2.00 bits per heavy atom. The third-order valence-corrected chi connectivity index (χ3v) is 4.80. The van der Waals surface area contributed by atoms with Gasteiger partial charge in [-0.15, -0.1) is 11.3 Å². The topological polar surface area (TPSA) is 38.3 Å². The van der Waals surface area contributed by atoms with Crippen molar-refractivity contribution in [2.45, 2.75) is 26.7 Å². The van der Waals surface area contributed by atoms with Gasteiger partial charge >= 0.3 is 0 Å². The normalized spacial score (nSPS) is 10.4. The molecule has 0 aliphatic rings. The molecule has 0 aliphatic carbocycles. The van der Waals surface area contributed by atoms with Crippen molar-refractivity contribution in [2.75, 3.05) is 13.7 Å². The van der Waals surface area contributed by atoms with Crippen molar-refractivity contribution in [3.63, 3.8) is 0 Å². The zero-order valence-electron chi connectivity index (χ0n) is 12.7. The molecule has 1 aromatic carbocycles. The molecule has 2 aromatic rings. The van der Waals surface area contributed by atoms with Crippen LogP contribution in [0.3, 0.4) is 0 Å². The van der Waals surface area contributed by atoms with Crippen LogP contribution in [0.1, 0.15) is 32.6 Å². The van der Waals surface area contributed by atoms with E-state index in [0.29, 0.717) is 6.54 Å². The second-order valence-electron chi connectivity index (χ2n) is 4.92. The fourth-order valence-electron chi connectivity index (χ4n) is 2.18. The molecule has 112 valence electrons. The molecule has 0 saturated heterocycles. The lowest BCUT2D eigenvalue weighted by molar-refractivity contribution is 0.0958. The van der Waals surface area contributed by atoms with E-state index in [0.717, 1.165) is 23.5 Å². The van der Waals surface area contributed by atoms with Gasteiger partial charge in [0.1, 0.15) is 5.75 Å². The number of thiophene rings is 1. The second kappa shape index (κ2) is 7.27. The lowest BCUT2D eigenvalue weighted by atomic mass is 10.1. The molecule has 2 rings (SSSR count). The summed E-state index contributed by atoms with van der Waals surface area (Å²) in [6.45, 7) is 4.82. The molecule has 0 unspecified atom stereocenters. The molecule has 0 aliphatic heterocycles. The minimum atomic E-state index is 0.0244. The molecule has 0 atom stereocenters. The van der Waals surface area contributed by atoms with Crippen molar-refractivity contribution < 1.29 is 9.53 Å². The molecule has 0 saturated carbocycles. The summed E-state index contributed by atoms with van der Waals surface area (Å²) in [5.41, 5.74) is 2.40. The van der Waals surface area contributed by atoms with Gasteiger partial charge in [0.05, 0.1) is 12.0 Å². The highest BCUT2D eigenvalue weighted by Crippen LogP contribution is 2.22. The summed E-state index contributed by atoms with van der Waals surface area (Å²) in [6, 6.07) is 9.90. The SMILES string of the molecule is CCc1sc(C(=O)NCCc2ccc(OC)cc2)cc1C. The van der Waals surface area contributed by atoms with Gasteiger partial charge in [-0.05, 0) is 49.1 Å². The van der Waals surface area contributed by atoms with Gasteiger partial charge in [0.25, 0.3) is 5.91 Å². The summed E-state index contributed by atoms with van der Waals surface area (Å²) in [7, 11) is 1.66. The first kappa shape index (κ1) is 15.6. The standard InChI is InChI=1S/C17H21NO2S/c1-4-15-12(2)11-16(21-15)17(19)18-10-9-13-5-7-14(20-3)8-6-13/h5-8,11H,4,9-10H2,1-3H3,(H,18,19). The summed E-state index contributed by atoms with van der Waals surface area (Å²) >= 11 is 1.59. The van der Waals surface area contributed by atoms with Crippen LogP contribution in [-0.4, -0.2) is 19.6 Å². The Morgan fingerprint density at radius 1 is 1.29 bits per heavy atom. The van der Waals surface area contributed by atoms with Crippen LogP contribution in [0.4, 0.5) is 0 Å². The summed E-state index contributed by atoms with van der Waals surface area (Å²) in [6.07, 6.45) is 1.80. The average molecular weight is 303 g/mol. The van der Waals surface area contributed by atoms with Crippen LogP contribution in [0.2, 0.25) is 0 Å². The van der Waals surface area contributed by atoms with E-state index in [1.165, 1.54) is 16.0 Å². The Labute approximate surface area is 130 Å². The number of benzene rings is 1. The monoisotopic (exact) mass is 303 g/mol. The lowest BCUT2D eigenvalue weighted by Crippen LogP contribution is -2.24. The van der Waals surface area contributed by atoms with Gasteiger partial charge in [-0.3, -0.25) is 4.79 Å². The van der Waals surface area contributed by atoms with Crippen molar-refractivity contribution >= 4 is 17.2 Å². The molecule has 0 bridgehead atoms. The van der Waals surface area contributed by atoms with Crippen LogP contribution < -0.4 is 10.1 Å². The van der Waals surface area contributed by atoms with E-state index in [4.69, 9.17) is 4.74 Å². The van der Waals surface area contributed by atoms with Gasteiger partial charge in [0, 0.05) is 11.4 Å². The molecule has 0 radical (unpaired) electrons. The first-order valence-corrected chi connectivity index (χ1v) is 7.96. The predicted octanol–water partition coefficient (Wildman–Crippen LogP) is 3.60. The van der Waals surface area contributed by atoms with Crippen LogP contribution in [0.5, 0.6) is 5.75 Å². The van der Waals surface area contributed by atoms with E-state index in [1.807, 2.05) is 30.3 Å². The van der Waals surface area contributed by atoms with Crippen LogP contribution in [0, 0.1) is 6.92 Å². The summed E-state index contributed by atoms with van der Waals surface area (Å²) in [5.74, 6) is 0.875. The zero-order valence-corrected chi connectivity index (χ0v) is 13.5. The van der Waals surface area contributed by atoms with E-state index in [9.17, 15) is 4.79 Å². The van der Waals surface area contributed by atoms with Gasteiger partial charge in [0.2, 0.25) is 0 Å². The van der Waals surface area contributed by atoms with Crippen LogP contribution in [0.25, 0.3) is 0 Å². The first-order valence-electron chi connectivity index (χ1n) is 7.14. The molecule has 1 heterocycles. The minimum absolute atomic E-state index is 0.0244. The maximum atomic E-state index is 12.1. The molecule has 1 N–H and O–H groups in total. The highest BCUT2D eigenvalue weighted by atomic mass is 32.1. The highest BCUT2D eigenvalue weighted by molar-refractivity contribution is 7.14. The number of rotatable bonds is 6. The lowest BCUT2D eigenvalue weighted by Gasteiger charge is -2.05. The van der Waals surface area contributed by atoms with Crippen molar-refractivity contribution in [1.82, 2.24) is 5.32 Å². The molecule has 0 fully saturated rings. The minimum Gasteiger partial charge on any atom is -0.497 e. The third kappa shape index (κ3) is 4.08. The Hall–Kier alpha value is -1.81. The fraction of sp³-hybridized carbons (Fsp3) is 0.353. The average Bonchev–Trinajstić information content (AvgIpc) is 2.89. The number of ether oxygens (including phenoxy) is 1. The molecule has 1 aromatic heterocycles. The van der Waals surface area contributed by atoms with E-state index in [-0.39, 0.29) is 5.91 Å². The zero-order chi connectivity index (χ0) is 15.2. The molecule has 0 spiro atoms. The predicted molar refractivity (Wildman–Crippen MR) is 87.5 cm³/mol. The van der Waals surface area contributed by atoms with E-state index in [1.54, 1.807) is 18.4 Å². The summed E-state index contributed by atoms with van der Waals surface area (Å²) in [5, 5.41) is 2.98. The van der Waals surface area contributed by atoms with Gasteiger partial charge < -0.3 is 10.1 Å². The Kier molecular flexibility index (Phi) is 5.39. The molecule has 4 heteroatoms. The van der Waals surface area contributed by atoms with E-state index >= 15 is 0 Å². The number of nitrogens with one attached hydrogen (secondary N) is 1. The molecule has 21 heavy (non-hydrogen) atoms. The number of carbonyl (C=O) groups excluding carboxylic acids is 1. The number of carbonyl (C=O) groups is 1. The highest BCUT2D eigenvalue weighted by Gasteiger charge is 2.10. The number of methoxy groups -OCH3 is 1. The summed E-state index contributed by atoms with van der Waals surface area (Å²) in [4.78, 5) is 14.2. The number of hydrogen-bond acceptors (Lipinski definition) is 3. The van der Waals surface area contributed by atoms with Crippen molar-refractivity contribution in [3.05, 3.63) is 51.2 Å². The van der Waals surface area contributed by atoms with E-state index in [2.05, 4.69) is 19.2 Å².